The van der Waals surface area contributed by atoms with Gasteiger partial charge in [-0.3, -0.25) is 15.1 Å². The predicted molar refractivity (Wildman–Crippen MR) is 167 cm³/mol. The maximum Gasteiger partial charge on any atom is 0.411 e. The van der Waals surface area contributed by atoms with Gasteiger partial charge in [-0.1, -0.05) is 25.5 Å². The molecule has 0 saturated carbocycles. The number of sulfonamides is 1. The number of carbonyl (C=O) groups is 3. The fourth-order valence-electron chi connectivity index (χ4n) is 5.51. The molecule has 2 aliphatic rings. The van der Waals surface area contributed by atoms with Crippen molar-refractivity contribution >= 4 is 33.9 Å². The van der Waals surface area contributed by atoms with Gasteiger partial charge in [-0.25, -0.2) is 22.7 Å². The molecule has 14 nitrogen and oxygen atoms in total. The Bertz CT molecular complexity index is 1290. The zero-order valence-corrected chi connectivity index (χ0v) is 27.2. The van der Waals surface area contributed by atoms with E-state index in [-0.39, 0.29) is 37.1 Å². The lowest BCUT2D eigenvalue weighted by molar-refractivity contribution is -0.162. The van der Waals surface area contributed by atoms with Gasteiger partial charge in [0, 0.05) is 0 Å². The Morgan fingerprint density at radius 3 is 2.42 bits per heavy atom. The first-order valence-corrected chi connectivity index (χ1v) is 16.9. The summed E-state index contributed by atoms with van der Waals surface area (Å²) in [7, 11) is -3.73. The minimum absolute atomic E-state index is 0.0219. The Hall–Kier alpha value is -3.43. The number of carboxylic acid groups (broad SMARTS) is 1. The number of nitrogens with one attached hydrogen (secondary N) is 3. The molecule has 0 aromatic heterocycles. The van der Waals surface area contributed by atoms with Crippen molar-refractivity contribution < 1.29 is 42.1 Å². The van der Waals surface area contributed by atoms with E-state index in [1.54, 1.807) is 45.0 Å². The fourth-order valence-corrected chi connectivity index (χ4v) is 6.91. The average Bonchev–Trinajstić information content (AvgIpc) is 3.32. The van der Waals surface area contributed by atoms with Gasteiger partial charge in [-0.05, 0) is 83.2 Å². The van der Waals surface area contributed by atoms with Gasteiger partial charge in [0.05, 0.1) is 24.1 Å². The molecule has 1 aromatic rings. The number of nitrogens with two attached hydrogens (primary N) is 1. The van der Waals surface area contributed by atoms with Gasteiger partial charge in [-0.15, -0.1) is 0 Å². The van der Waals surface area contributed by atoms with Crippen LogP contribution >= 0.6 is 0 Å². The summed E-state index contributed by atoms with van der Waals surface area (Å²) in [6.07, 6.45) is 0.961. The van der Waals surface area contributed by atoms with E-state index in [4.69, 9.17) is 25.4 Å². The van der Waals surface area contributed by atoms with Gasteiger partial charge in [0.2, 0.25) is 10.0 Å². The molecule has 0 bridgehead atoms. The molecule has 252 valence electrons. The number of carbonyl (C=O) groups excluding carboxylic acids is 2. The Labute approximate surface area is 264 Å². The van der Waals surface area contributed by atoms with E-state index >= 15 is 0 Å². The maximum absolute atomic E-state index is 13.5. The second-order valence-corrected chi connectivity index (χ2v) is 14.4. The fraction of sp³-hybridized carbons (Fsp3) is 0.667. The van der Waals surface area contributed by atoms with Crippen LogP contribution in [0.2, 0.25) is 0 Å². The largest absolute Gasteiger partial charge is 0.490 e. The molecular weight excluding hydrogens is 606 g/mol. The highest BCUT2D eigenvalue weighted by Crippen LogP contribution is 2.32. The molecule has 2 fully saturated rings. The first-order chi connectivity index (χ1) is 21.1. The minimum atomic E-state index is -3.73. The van der Waals surface area contributed by atoms with Crippen LogP contribution in [0.3, 0.4) is 0 Å². The summed E-state index contributed by atoms with van der Waals surface area (Å²) < 4.78 is 43.8. The number of amidine groups is 1. The van der Waals surface area contributed by atoms with E-state index in [1.807, 2.05) is 6.92 Å². The monoisotopic (exact) mass is 653 g/mol. The molecular formula is C30H47N5O9S. The highest BCUT2D eigenvalue weighted by atomic mass is 32.2. The summed E-state index contributed by atoms with van der Waals surface area (Å²) >= 11 is 0. The van der Waals surface area contributed by atoms with Crippen molar-refractivity contribution in [2.75, 3.05) is 32.0 Å². The molecule has 1 amide bonds. The number of amides is 1. The highest BCUT2D eigenvalue weighted by Gasteiger charge is 2.48. The molecule has 2 heterocycles. The smallest absolute Gasteiger partial charge is 0.411 e. The van der Waals surface area contributed by atoms with Gasteiger partial charge < -0.3 is 30.4 Å². The number of unbranched alkanes of at least 4 members (excludes halogenated alkanes) is 1. The molecule has 3 rings (SSSR count). The molecule has 0 aliphatic carbocycles. The first-order valence-electron chi connectivity index (χ1n) is 15.3. The number of benzene rings is 1. The van der Waals surface area contributed by atoms with E-state index in [9.17, 15) is 27.9 Å². The van der Waals surface area contributed by atoms with Crippen LogP contribution in [-0.4, -0.2) is 98.1 Å². The van der Waals surface area contributed by atoms with Gasteiger partial charge in [0.25, 0.3) is 0 Å². The molecule has 0 spiro atoms. The van der Waals surface area contributed by atoms with Crippen LogP contribution in [-0.2, 0) is 35.5 Å². The lowest BCUT2D eigenvalue weighted by Crippen LogP contribution is -2.56. The minimum Gasteiger partial charge on any atom is -0.490 e. The van der Waals surface area contributed by atoms with Gasteiger partial charge in [0.15, 0.2) is 6.10 Å². The summed E-state index contributed by atoms with van der Waals surface area (Å²) in [4.78, 5) is 39.6. The Balaban J connectivity index is 1.67. The van der Waals surface area contributed by atoms with Crippen molar-refractivity contribution in [2.45, 2.75) is 83.6 Å². The van der Waals surface area contributed by atoms with Crippen LogP contribution in [0.25, 0.3) is 0 Å². The summed E-state index contributed by atoms with van der Waals surface area (Å²) in [5.74, 6) is -2.69. The molecule has 2 aliphatic heterocycles. The number of rotatable bonds is 16. The lowest BCUT2D eigenvalue weighted by atomic mass is 9.78. The standard InChI is InChI=1S/C30H47N5O9S/c1-5-6-15-45(40,41)34-23(27(36)37)16-19-7-9-21(10-8-19)42-18-22-17-35(29(39)43-22)25(28(38)44-30(2,3)4)24(26(31)32)20-11-13-33-14-12-20/h7-10,20,22-25,33-34H,5-6,11-18H2,1-4H3,(H3,31,32)(H,36,37). The van der Waals surface area contributed by atoms with E-state index in [0.29, 0.717) is 50.1 Å². The third kappa shape index (κ3) is 10.9. The molecule has 2 saturated heterocycles. The quantitative estimate of drug-likeness (QED) is 0.0987. The summed E-state index contributed by atoms with van der Waals surface area (Å²) in [6.45, 7) is 8.45. The summed E-state index contributed by atoms with van der Waals surface area (Å²) in [5.41, 5.74) is 5.80. The number of esters is 1. The SMILES string of the molecule is CCCCS(=O)(=O)NC(Cc1ccc(OCC2CN(C(C(=O)OC(C)(C)C)C(C(=N)N)C3CCNCC3)C(=O)O2)cc1)C(=O)O. The number of nitrogens with zero attached hydrogens (tertiary/aromatic N) is 1. The Morgan fingerprint density at radius 1 is 1.22 bits per heavy atom. The number of aliphatic carboxylic acids is 1. The molecule has 4 atom stereocenters. The Morgan fingerprint density at radius 2 is 1.87 bits per heavy atom. The molecule has 1 aromatic carbocycles. The number of hydrogen-bond acceptors (Lipinski definition) is 10. The van der Waals surface area contributed by atoms with E-state index in [1.165, 1.54) is 4.90 Å². The van der Waals surface area contributed by atoms with Gasteiger partial charge >= 0.3 is 18.0 Å². The third-order valence-electron chi connectivity index (χ3n) is 7.66. The molecule has 6 N–H and O–H groups in total. The lowest BCUT2D eigenvalue weighted by Gasteiger charge is -2.38. The van der Waals surface area contributed by atoms with Gasteiger partial charge in [0.1, 0.15) is 30.0 Å². The molecule has 4 unspecified atom stereocenters. The number of piperidine rings is 1. The van der Waals surface area contributed by atoms with Crippen molar-refractivity contribution in [1.29, 1.82) is 5.41 Å². The van der Waals surface area contributed by atoms with Crippen LogP contribution < -0.4 is 20.5 Å². The van der Waals surface area contributed by atoms with Crippen molar-refractivity contribution in [1.82, 2.24) is 14.9 Å². The summed E-state index contributed by atoms with van der Waals surface area (Å²) in [6, 6.07) is 4.04. The van der Waals surface area contributed by atoms with E-state index in [2.05, 4.69) is 10.0 Å². The number of ether oxygens (including phenoxy) is 3. The zero-order valence-electron chi connectivity index (χ0n) is 26.4. The second-order valence-electron chi connectivity index (χ2n) is 12.5. The number of carboxylic acids is 1. The van der Waals surface area contributed by atoms with Crippen LogP contribution in [0, 0.1) is 17.2 Å². The average molecular weight is 654 g/mol. The van der Waals surface area contributed by atoms with Crippen LogP contribution in [0.15, 0.2) is 24.3 Å². The number of hydrogen-bond donors (Lipinski definition) is 5. The zero-order chi connectivity index (χ0) is 33.4. The van der Waals surface area contributed by atoms with Crippen molar-refractivity contribution in [3.05, 3.63) is 29.8 Å². The van der Waals surface area contributed by atoms with Gasteiger partial charge in [-0.2, -0.15) is 0 Å². The summed E-state index contributed by atoms with van der Waals surface area (Å²) in [5, 5.41) is 21.2. The van der Waals surface area contributed by atoms with Crippen molar-refractivity contribution in [3.63, 3.8) is 0 Å². The van der Waals surface area contributed by atoms with Crippen LogP contribution in [0.1, 0.15) is 58.9 Å². The second kappa shape index (κ2) is 15.7. The van der Waals surface area contributed by atoms with E-state index < -0.39 is 57.8 Å². The highest BCUT2D eigenvalue weighted by molar-refractivity contribution is 7.89. The predicted octanol–water partition coefficient (Wildman–Crippen LogP) is 1.86. The van der Waals surface area contributed by atoms with Crippen LogP contribution in [0.4, 0.5) is 4.79 Å². The molecule has 45 heavy (non-hydrogen) atoms. The van der Waals surface area contributed by atoms with E-state index in [0.717, 1.165) is 0 Å². The first kappa shape index (κ1) is 36.0. The number of cyclic esters (lactones) is 1. The topological polar surface area (TPSA) is 210 Å². The molecule has 0 radical (unpaired) electrons. The Kier molecular flexibility index (Phi) is 12.6. The maximum atomic E-state index is 13.5. The van der Waals surface area contributed by atoms with Crippen molar-refractivity contribution in [3.8, 4) is 5.75 Å². The molecule has 15 heteroatoms. The van der Waals surface area contributed by atoms with Crippen molar-refractivity contribution in [2.24, 2.45) is 17.6 Å². The normalized spacial score (nSPS) is 19.8. The third-order valence-corrected chi connectivity index (χ3v) is 9.13. The van der Waals surface area contributed by atoms with Crippen LogP contribution in [0.5, 0.6) is 5.75 Å².